The molecule has 5 rings (SSSR count). The molecule has 0 spiro atoms. The fourth-order valence-corrected chi connectivity index (χ4v) is 7.08. The zero-order valence-corrected chi connectivity index (χ0v) is 23.2. The number of quaternary nitrogens is 1. The van der Waals surface area contributed by atoms with Crippen molar-refractivity contribution in [2.24, 2.45) is 0 Å². The van der Waals surface area contributed by atoms with E-state index in [0.29, 0.717) is 53.3 Å². The summed E-state index contributed by atoms with van der Waals surface area (Å²) >= 11 is 6.16. The van der Waals surface area contributed by atoms with Gasteiger partial charge in [-0.05, 0) is 62.8 Å². The maximum atomic E-state index is 13.6. The lowest BCUT2D eigenvalue weighted by Crippen LogP contribution is -3.16. The molecule has 3 aromatic rings. The van der Waals surface area contributed by atoms with Gasteiger partial charge in [0.15, 0.2) is 0 Å². The summed E-state index contributed by atoms with van der Waals surface area (Å²) in [6, 6.07) is 15.0. The standard InChI is InChI=1S/C28H33ClN4O4S/c1-21-6-4-7-22(18-21)12-17-38(35,36)32-15-13-31(14-16-32)26-20-30-33(24-9-5-8-23(29)19-24)28(34)27(26)37-25-10-2-3-11-25/h4-9,18-20,25H,2-3,10-17H2,1H3/p+1. The van der Waals surface area contributed by atoms with Crippen molar-refractivity contribution in [1.82, 2.24) is 9.78 Å². The van der Waals surface area contributed by atoms with Crippen molar-refractivity contribution >= 4 is 27.3 Å². The summed E-state index contributed by atoms with van der Waals surface area (Å²) in [6.45, 7) is 3.84. The Balaban J connectivity index is 1.33. The number of nitrogens with one attached hydrogen (secondary N) is 1. The number of anilines is 1. The zero-order chi connectivity index (χ0) is 26.7. The maximum Gasteiger partial charge on any atom is 0.316 e. The van der Waals surface area contributed by atoms with Crippen molar-refractivity contribution in [3.63, 3.8) is 0 Å². The van der Waals surface area contributed by atoms with E-state index in [9.17, 15) is 13.2 Å². The van der Waals surface area contributed by atoms with E-state index in [-0.39, 0.29) is 23.2 Å². The summed E-state index contributed by atoms with van der Waals surface area (Å²) in [5.41, 5.74) is 3.02. The van der Waals surface area contributed by atoms with Gasteiger partial charge in [0.05, 0.1) is 31.1 Å². The molecule has 2 fully saturated rings. The van der Waals surface area contributed by atoms with E-state index in [0.717, 1.165) is 36.8 Å². The fourth-order valence-electron chi connectivity index (χ4n) is 5.30. The quantitative estimate of drug-likeness (QED) is 0.458. The number of aryl methyl sites for hydroxylation is 2. The van der Waals surface area contributed by atoms with Crippen molar-refractivity contribution in [2.75, 3.05) is 36.8 Å². The Kier molecular flexibility index (Phi) is 8.07. The Morgan fingerprint density at radius 3 is 2.53 bits per heavy atom. The highest BCUT2D eigenvalue weighted by molar-refractivity contribution is 7.85. The molecular weight excluding hydrogens is 524 g/mol. The van der Waals surface area contributed by atoms with Gasteiger partial charge in [0.25, 0.3) is 10.0 Å². The van der Waals surface area contributed by atoms with Crippen molar-refractivity contribution in [3.8, 4) is 11.4 Å². The van der Waals surface area contributed by atoms with Gasteiger partial charge in [-0.25, -0.2) is 4.31 Å². The number of rotatable bonds is 8. The molecule has 0 bridgehead atoms. The molecule has 1 saturated carbocycles. The highest BCUT2D eigenvalue weighted by Gasteiger charge is 2.33. The number of sulfonamides is 1. The molecule has 202 valence electrons. The van der Waals surface area contributed by atoms with Crippen LogP contribution in [0.4, 0.5) is 5.69 Å². The van der Waals surface area contributed by atoms with Gasteiger partial charge in [-0.2, -0.15) is 18.2 Å². The smallest absolute Gasteiger partial charge is 0.316 e. The molecule has 1 saturated heterocycles. The summed E-state index contributed by atoms with van der Waals surface area (Å²) in [5, 5.41) is 4.95. The summed E-state index contributed by atoms with van der Waals surface area (Å²) in [7, 11) is -3.32. The number of aromatic nitrogens is 2. The van der Waals surface area contributed by atoms with Crippen molar-refractivity contribution < 1.29 is 17.5 Å². The first-order valence-electron chi connectivity index (χ1n) is 13.2. The van der Waals surface area contributed by atoms with Crippen LogP contribution in [0.1, 0.15) is 36.8 Å². The van der Waals surface area contributed by atoms with E-state index in [1.165, 1.54) is 4.68 Å². The Morgan fingerprint density at radius 2 is 1.82 bits per heavy atom. The van der Waals surface area contributed by atoms with Crippen LogP contribution >= 0.6 is 11.6 Å². The molecule has 0 radical (unpaired) electrons. The highest BCUT2D eigenvalue weighted by Crippen LogP contribution is 2.29. The second kappa shape index (κ2) is 11.5. The van der Waals surface area contributed by atoms with Crippen molar-refractivity contribution in [3.05, 3.63) is 81.2 Å². The summed E-state index contributed by atoms with van der Waals surface area (Å²) < 4.78 is 34.4. The van der Waals surface area contributed by atoms with Crippen LogP contribution in [0, 0.1) is 6.92 Å². The molecule has 2 aliphatic rings. The minimum Gasteiger partial charge on any atom is -0.483 e. The molecule has 0 unspecified atom stereocenters. The lowest BCUT2D eigenvalue weighted by Gasteiger charge is -2.33. The molecule has 10 heteroatoms. The molecule has 1 aliphatic heterocycles. The van der Waals surface area contributed by atoms with Crippen LogP contribution in [-0.2, 0) is 16.4 Å². The molecule has 1 aromatic heterocycles. The number of ether oxygens (including phenoxy) is 1. The first-order chi connectivity index (χ1) is 18.3. The van der Waals surface area contributed by atoms with Gasteiger partial charge in [0.2, 0.25) is 5.75 Å². The topological polar surface area (TPSA) is 85.9 Å². The molecule has 1 aliphatic carbocycles. The SMILES string of the molecule is Cc1cccc(CCS(=O)(=O)[NH+]2CCN(c3cnn(-c4cccc(Cl)c4)c(=O)c3OC3CCCC3)CC2)c1. The average molecular weight is 558 g/mol. The molecular formula is C28H34ClN4O4S+. The Bertz CT molecular complexity index is 1450. The van der Waals surface area contributed by atoms with Gasteiger partial charge in [0.1, 0.15) is 24.5 Å². The van der Waals surface area contributed by atoms with Crippen LogP contribution in [0.3, 0.4) is 0 Å². The number of hydrogen-bond acceptors (Lipinski definition) is 6. The number of nitrogens with zero attached hydrogens (tertiary/aromatic N) is 3. The van der Waals surface area contributed by atoms with Gasteiger partial charge in [-0.15, -0.1) is 0 Å². The van der Waals surface area contributed by atoms with Gasteiger partial charge in [0, 0.05) is 5.02 Å². The predicted molar refractivity (Wildman–Crippen MR) is 149 cm³/mol. The van der Waals surface area contributed by atoms with Crippen LogP contribution in [0.5, 0.6) is 5.75 Å². The minimum atomic E-state index is -3.32. The van der Waals surface area contributed by atoms with Crippen LogP contribution in [0.2, 0.25) is 5.02 Å². The van der Waals surface area contributed by atoms with Crippen LogP contribution in [0.25, 0.3) is 5.69 Å². The first kappa shape index (κ1) is 26.7. The molecule has 0 amide bonds. The third-order valence-corrected chi connectivity index (χ3v) is 9.66. The second-order valence-electron chi connectivity index (χ2n) is 10.2. The van der Waals surface area contributed by atoms with Gasteiger partial charge >= 0.3 is 5.56 Å². The van der Waals surface area contributed by atoms with Crippen molar-refractivity contribution in [1.29, 1.82) is 0 Å². The Hall–Kier alpha value is -2.88. The van der Waals surface area contributed by atoms with Gasteiger partial charge in [-0.1, -0.05) is 47.5 Å². The van der Waals surface area contributed by atoms with Gasteiger partial charge < -0.3 is 9.64 Å². The molecule has 2 heterocycles. The molecule has 0 atom stereocenters. The van der Waals surface area contributed by atoms with E-state index < -0.39 is 10.0 Å². The summed E-state index contributed by atoms with van der Waals surface area (Å²) in [5.74, 6) is 0.386. The fraction of sp³-hybridized carbons (Fsp3) is 0.429. The van der Waals surface area contributed by atoms with E-state index in [1.807, 2.05) is 36.1 Å². The summed E-state index contributed by atoms with van der Waals surface area (Å²) in [4.78, 5) is 15.6. The Labute approximate surface area is 228 Å². The van der Waals surface area contributed by atoms with E-state index in [2.05, 4.69) is 5.10 Å². The maximum absolute atomic E-state index is 13.6. The van der Waals surface area contributed by atoms with E-state index >= 15 is 0 Å². The third kappa shape index (κ3) is 6.06. The monoisotopic (exact) mass is 557 g/mol. The van der Waals surface area contributed by atoms with E-state index in [4.69, 9.17) is 16.3 Å². The zero-order valence-electron chi connectivity index (χ0n) is 21.6. The average Bonchev–Trinajstić information content (AvgIpc) is 3.42. The predicted octanol–water partition coefficient (Wildman–Crippen LogP) is 2.79. The second-order valence-corrected chi connectivity index (χ2v) is 12.8. The molecule has 38 heavy (non-hydrogen) atoms. The van der Waals surface area contributed by atoms with E-state index in [1.54, 1.807) is 30.5 Å². The number of hydrogen-bond donors (Lipinski definition) is 1. The highest BCUT2D eigenvalue weighted by atomic mass is 35.5. The molecule has 1 N–H and O–H groups in total. The number of benzene rings is 2. The van der Waals surface area contributed by atoms with Gasteiger partial charge in [-0.3, -0.25) is 4.79 Å². The molecule has 2 aromatic carbocycles. The van der Waals surface area contributed by atoms with Crippen LogP contribution in [-0.4, -0.2) is 56.2 Å². The van der Waals surface area contributed by atoms with Crippen molar-refractivity contribution in [2.45, 2.75) is 45.1 Å². The lowest BCUT2D eigenvalue weighted by molar-refractivity contribution is -0.768. The normalized spacial score (nSPS) is 17.2. The largest absolute Gasteiger partial charge is 0.483 e. The molecule has 8 nitrogen and oxygen atoms in total. The summed E-state index contributed by atoms with van der Waals surface area (Å²) in [6.07, 6.45) is 6.13. The Morgan fingerprint density at radius 1 is 1.08 bits per heavy atom. The first-order valence-corrected chi connectivity index (χ1v) is 15.3. The third-order valence-electron chi connectivity index (χ3n) is 7.40. The number of halogens is 1. The number of piperazine rings is 1. The lowest BCUT2D eigenvalue weighted by atomic mass is 10.1. The minimum absolute atomic E-state index is 0.00873. The van der Waals surface area contributed by atoms with Crippen LogP contribution < -0.4 is 19.5 Å². The van der Waals surface area contributed by atoms with Crippen LogP contribution in [0.15, 0.2) is 59.5 Å².